The molecule has 0 radical (unpaired) electrons. The highest BCUT2D eigenvalue weighted by atomic mass is 16.5. The molecule has 2 heteroatoms. The molecule has 0 aromatic carbocycles. The predicted octanol–water partition coefficient (Wildman–Crippen LogP) is 2.48. The van der Waals surface area contributed by atoms with Gasteiger partial charge in [0.1, 0.15) is 6.10 Å². The molecule has 1 fully saturated rings. The number of ether oxygens (including phenoxy) is 1. The van der Waals surface area contributed by atoms with Crippen molar-refractivity contribution in [3.63, 3.8) is 0 Å². The van der Waals surface area contributed by atoms with E-state index in [1.165, 1.54) is 5.57 Å². The van der Waals surface area contributed by atoms with Gasteiger partial charge in [-0.15, -0.1) is 0 Å². The Kier molecular flexibility index (Phi) is 2.71. The molecule has 0 aromatic rings. The fourth-order valence-electron chi connectivity index (χ4n) is 1.91. The average molecular weight is 184 g/mol. The maximum atomic E-state index is 9.54. The van der Waals surface area contributed by atoms with Crippen LogP contribution in [0.5, 0.6) is 0 Å². The summed E-state index contributed by atoms with van der Waals surface area (Å²) in [6.45, 7) is 10.2. The van der Waals surface area contributed by atoms with E-state index in [2.05, 4.69) is 27.7 Å². The van der Waals surface area contributed by atoms with Gasteiger partial charge in [-0.1, -0.05) is 13.8 Å². The zero-order valence-corrected chi connectivity index (χ0v) is 9.22. The number of rotatable bonds is 1. The lowest BCUT2D eigenvalue weighted by atomic mass is 9.82. The number of hydrogen-bond acceptors (Lipinski definition) is 2. The van der Waals surface area contributed by atoms with Gasteiger partial charge in [0, 0.05) is 11.8 Å². The number of aliphatic hydroxyl groups is 1. The van der Waals surface area contributed by atoms with Crippen LogP contribution in [0.2, 0.25) is 0 Å². The third-order valence-electron chi connectivity index (χ3n) is 2.65. The van der Waals surface area contributed by atoms with Crippen molar-refractivity contribution in [2.75, 3.05) is 0 Å². The Morgan fingerprint density at radius 3 is 2.31 bits per heavy atom. The Labute approximate surface area is 80.6 Å². The fraction of sp³-hybridized carbons (Fsp3) is 0.818. The van der Waals surface area contributed by atoms with Gasteiger partial charge in [-0.2, -0.15) is 0 Å². The van der Waals surface area contributed by atoms with Crippen molar-refractivity contribution in [1.29, 1.82) is 0 Å². The van der Waals surface area contributed by atoms with E-state index in [0.717, 1.165) is 12.2 Å². The molecule has 0 aliphatic carbocycles. The van der Waals surface area contributed by atoms with E-state index in [1.807, 2.05) is 0 Å². The largest absolute Gasteiger partial charge is 0.492 e. The summed E-state index contributed by atoms with van der Waals surface area (Å²) < 4.78 is 5.73. The molecule has 2 unspecified atom stereocenters. The lowest BCUT2D eigenvalue weighted by Crippen LogP contribution is -2.34. The topological polar surface area (TPSA) is 29.5 Å². The standard InChI is InChI=1S/C11H20O2/c1-7(2)9-6-11(4,5)10(13-9)8(3)12/h8,10,12H,6H2,1-5H3. The molecule has 1 aliphatic rings. The summed E-state index contributed by atoms with van der Waals surface area (Å²) in [7, 11) is 0. The molecule has 0 saturated carbocycles. The minimum atomic E-state index is -0.396. The van der Waals surface area contributed by atoms with Crippen LogP contribution in [0, 0.1) is 5.41 Å². The molecule has 0 aromatic heterocycles. The third kappa shape index (κ3) is 2.05. The van der Waals surface area contributed by atoms with E-state index >= 15 is 0 Å². The van der Waals surface area contributed by atoms with Crippen LogP contribution >= 0.6 is 0 Å². The molecule has 13 heavy (non-hydrogen) atoms. The van der Waals surface area contributed by atoms with Crippen LogP contribution in [0.25, 0.3) is 0 Å². The van der Waals surface area contributed by atoms with Gasteiger partial charge in [0.05, 0.1) is 11.9 Å². The normalized spacial score (nSPS) is 28.5. The van der Waals surface area contributed by atoms with Crippen molar-refractivity contribution in [3.8, 4) is 0 Å². The van der Waals surface area contributed by atoms with Gasteiger partial charge in [-0.3, -0.25) is 0 Å². The Hall–Kier alpha value is -0.500. The first-order chi connectivity index (χ1) is 5.84. The second-order valence-electron chi connectivity index (χ2n) is 4.87. The van der Waals surface area contributed by atoms with Crippen molar-refractivity contribution >= 4 is 0 Å². The van der Waals surface area contributed by atoms with Gasteiger partial charge in [-0.05, 0) is 26.3 Å². The van der Waals surface area contributed by atoms with Crippen molar-refractivity contribution < 1.29 is 9.84 Å². The first-order valence-corrected chi connectivity index (χ1v) is 4.85. The van der Waals surface area contributed by atoms with Crippen molar-refractivity contribution in [2.45, 2.75) is 53.2 Å². The first kappa shape index (κ1) is 10.6. The second-order valence-corrected chi connectivity index (χ2v) is 4.87. The summed E-state index contributed by atoms with van der Waals surface area (Å²) in [5.41, 5.74) is 1.28. The highest BCUT2D eigenvalue weighted by molar-refractivity contribution is 5.12. The quantitative estimate of drug-likeness (QED) is 0.678. The molecular weight excluding hydrogens is 164 g/mol. The van der Waals surface area contributed by atoms with Crippen LogP contribution in [0.4, 0.5) is 0 Å². The highest BCUT2D eigenvalue weighted by Gasteiger charge is 2.42. The predicted molar refractivity (Wildman–Crippen MR) is 53.3 cm³/mol. The minimum absolute atomic E-state index is 0.0563. The lowest BCUT2D eigenvalue weighted by molar-refractivity contribution is -0.0155. The molecule has 1 rings (SSSR count). The molecule has 1 N–H and O–H groups in total. The van der Waals surface area contributed by atoms with Gasteiger partial charge < -0.3 is 9.84 Å². The first-order valence-electron chi connectivity index (χ1n) is 4.85. The maximum Gasteiger partial charge on any atom is 0.129 e. The van der Waals surface area contributed by atoms with Gasteiger partial charge in [-0.25, -0.2) is 0 Å². The van der Waals surface area contributed by atoms with Crippen LogP contribution in [0.3, 0.4) is 0 Å². The SMILES string of the molecule is CC(C)=C1CC(C)(C)C(C(C)O)O1. The highest BCUT2D eigenvalue weighted by Crippen LogP contribution is 2.42. The molecule has 2 atom stereocenters. The van der Waals surface area contributed by atoms with Crippen LogP contribution in [0.15, 0.2) is 11.3 Å². The second kappa shape index (κ2) is 3.33. The molecule has 2 nitrogen and oxygen atoms in total. The molecular formula is C11H20O2. The van der Waals surface area contributed by atoms with Crippen molar-refractivity contribution in [1.82, 2.24) is 0 Å². The number of allylic oxidation sites excluding steroid dienone is 2. The lowest BCUT2D eigenvalue weighted by Gasteiger charge is -2.26. The zero-order chi connectivity index (χ0) is 10.2. The molecule has 1 saturated heterocycles. The maximum absolute atomic E-state index is 9.54. The average Bonchev–Trinajstić information content (AvgIpc) is 2.25. The van der Waals surface area contributed by atoms with Gasteiger partial charge >= 0.3 is 0 Å². The van der Waals surface area contributed by atoms with E-state index in [4.69, 9.17) is 4.74 Å². The van der Waals surface area contributed by atoms with E-state index in [9.17, 15) is 5.11 Å². The van der Waals surface area contributed by atoms with Crippen molar-refractivity contribution in [3.05, 3.63) is 11.3 Å². The Bertz CT molecular complexity index is 222. The third-order valence-corrected chi connectivity index (χ3v) is 2.65. The van der Waals surface area contributed by atoms with Gasteiger partial charge in [0.15, 0.2) is 0 Å². The number of aliphatic hydroxyl groups excluding tert-OH is 1. The van der Waals surface area contributed by atoms with Gasteiger partial charge in [0.2, 0.25) is 0 Å². The summed E-state index contributed by atoms with van der Waals surface area (Å²) in [6, 6.07) is 0. The van der Waals surface area contributed by atoms with E-state index < -0.39 is 6.10 Å². The zero-order valence-electron chi connectivity index (χ0n) is 9.22. The van der Waals surface area contributed by atoms with E-state index in [1.54, 1.807) is 6.92 Å². The smallest absolute Gasteiger partial charge is 0.129 e. The van der Waals surface area contributed by atoms with Crippen molar-refractivity contribution in [2.24, 2.45) is 5.41 Å². The van der Waals surface area contributed by atoms with E-state index in [0.29, 0.717) is 0 Å². The Morgan fingerprint density at radius 1 is 1.54 bits per heavy atom. The molecule has 1 aliphatic heterocycles. The molecule has 0 spiro atoms. The fourth-order valence-corrected chi connectivity index (χ4v) is 1.91. The van der Waals surface area contributed by atoms with Gasteiger partial charge in [0.25, 0.3) is 0 Å². The summed E-state index contributed by atoms with van der Waals surface area (Å²) in [5, 5.41) is 9.54. The summed E-state index contributed by atoms with van der Waals surface area (Å²) in [5.74, 6) is 1.05. The molecule has 76 valence electrons. The van der Waals surface area contributed by atoms with Crippen LogP contribution < -0.4 is 0 Å². The Morgan fingerprint density at radius 2 is 2.08 bits per heavy atom. The molecule has 1 heterocycles. The van der Waals surface area contributed by atoms with Crippen LogP contribution in [0.1, 0.15) is 41.0 Å². The Balaban J connectivity index is 2.86. The van der Waals surface area contributed by atoms with Crippen LogP contribution in [-0.2, 0) is 4.74 Å². The molecule has 0 bridgehead atoms. The summed E-state index contributed by atoms with van der Waals surface area (Å²) in [6.07, 6.45) is 0.481. The minimum Gasteiger partial charge on any atom is -0.492 e. The summed E-state index contributed by atoms with van der Waals surface area (Å²) in [4.78, 5) is 0. The summed E-state index contributed by atoms with van der Waals surface area (Å²) >= 11 is 0. The number of hydrogen-bond donors (Lipinski definition) is 1. The van der Waals surface area contributed by atoms with Crippen LogP contribution in [-0.4, -0.2) is 17.3 Å². The monoisotopic (exact) mass is 184 g/mol. The van der Waals surface area contributed by atoms with E-state index in [-0.39, 0.29) is 11.5 Å². The molecule has 0 amide bonds.